The second kappa shape index (κ2) is 5.69. The lowest BCUT2D eigenvalue weighted by Gasteiger charge is -2.10. The van der Waals surface area contributed by atoms with Crippen LogP contribution in [-0.4, -0.2) is 29.8 Å². The largest absolute Gasteiger partial charge is 0.307 e. The summed E-state index contributed by atoms with van der Waals surface area (Å²) in [4.78, 5) is 4.42. The second-order valence-corrected chi connectivity index (χ2v) is 5.44. The van der Waals surface area contributed by atoms with E-state index in [1.807, 2.05) is 29.2 Å². The normalized spacial score (nSPS) is 14.4. The molecule has 0 saturated heterocycles. The van der Waals surface area contributed by atoms with Crippen LogP contribution in [0.15, 0.2) is 43.0 Å². The van der Waals surface area contributed by atoms with Gasteiger partial charge in [0, 0.05) is 37.2 Å². The topological polar surface area (TPSA) is 73.5 Å². The molecule has 0 radical (unpaired) electrons. The van der Waals surface area contributed by atoms with Crippen LogP contribution in [-0.2, 0) is 13.1 Å². The fourth-order valence-corrected chi connectivity index (χ4v) is 2.51. The molecule has 0 aromatic carbocycles. The van der Waals surface area contributed by atoms with Gasteiger partial charge in [0.25, 0.3) is 0 Å². The highest BCUT2D eigenvalue weighted by Crippen LogP contribution is 2.34. The molecule has 1 saturated carbocycles. The van der Waals surface area contributed by atoms with E-state index in [4.69, 9.17) is 0 Å². The summed E-state index contributed by atoms with van der Waals surface area (Å²) in [5.41, 5.74) is 2.24. The van der Waals surface area contributed by atoms with E-state index in [1.54, 1.807) is 17.1 Å². The predicted octanol–water partition coefficient (Wildman–Crippen LogP) is 1.48. The third-order valence-corrected chi connectivity index (χ3v) is 3.75. The van der Waals surface area contributed by atoms with Gasteiger partial charge in [-0.2, -0.15) is 5.10 Å². The van der Waals surface area contributed by atoms with Gasteiger partial charge in [-0.1, -0.05) is 11.3 Å². The average molecular weight is 295 g/mol. The number of rotatable bonds is 6. The molecule has 0 amide bonds. The van der Waals surface area contributed by atoms with Gasteiger partial charge in [0.15, 0.2) is 5.82 Å². The highest BCUT2D eigenvalue weighted by molar-refractivity contribution is 5.32. The Labute approximate surface area is 128 Å². The van der Waals surface area contributed by atoms with Gasteiger partial charge in [-0.25, -0.2) is 14.3 Å². The molecule has 0 aliphatic heterocycles. The van der Waals surface area contributed by atoms with E-state index < -0.39 is 0 Å². The molecule has 0 unspecified atom stereocenters. The van der Waals surface area contributed by atoms with Crippen molar-refractivity contribution in [3.8, 4) is 5.82 Å². The lowest BCUT2D eigenvalue weighted by molar-refractivity contribution is 0.555. The van der Waals surface area contributed by atoms with Gasteiger partial charge in [0.1, 0.15) is 0 Å². The fourth-order valence-electron chi connectivity index (χ4n) is 2.51. The first-order valence-corrected chi connectivity index (χ1v) is 7.45. The Morgan fingerprint density at radius 3 is 2.95 bits per heavy atom. The maximum atomic E-state index is 4.42. The molecule has 3 heterocycles. The molecule has 3 aromatic rings. The zero-order chi connectivity index (χ0) is 14.8. The third-order valence-electron chi connectivity index (χ3n) is 3.75. The van der Waals surface area contributed by atoms with Gasteiger partial charge in [-0.15, -0.1) is 5.10 Å². The van der Waals surface area contributed by atoms with Gasteiger partial charge in [-0.05, 0) is 25.0 Å². The monoisotopic (exact) mass is 295 g/mol. The molecule has 1 aliphatic carbocycles. The average Bonchev–Trinajstić information content (AvgIpc) is 3.06. The van der Waals surface area contributed by atoms with Crippen LogP contribution in [0.1, 0.15) is 30.1 Å². The molecule has 112 valence electrons. The predicted molar refractivity (Wildman–Crippen MR) is 80.2 cm³/mol. The van der Waals surface area contributed by atoms with Crippen molar-refractivity contribution in [1.82, 2.24) is 35.1 Å². The summed E-state index contributed by atoms with van der Waals surface area (Å²) in [7, 11) is 0. The zero-order valence-electron chi connectivity index (χ0n) is 12.1. The minimum atomic E-state index is 0.553. The molecule has 1 aliphatic rings. The van der Waals surface area contributed by atoms with Crippen molar-refractivity contribution in [2.75, 3.05) is 0 Å². The maximum absolute atomic E-state index is 4.42. The molecular formula is C15H17N7. The molecule has 22 heavy (non-hydrogen) atoms. The van der Waals surface area contributed by atoms with Crippen LogP contribution < -0.4 is 5.32 Å². The number of nitrogens with one attached hydrogen (secondary N) is 1. The molecule has 3 aromatic heterocycles. The first-order valence-electron chi connectivity index (χ1n) is 7.45. The minimum absolute atomic E-state index is 0.553. The Hall–Kier alpha value is -2.54. The summed E-state index contributed by atoms with van der Waals surface area (Å²) >= 11 is 0. The van der Waals surface area contributed by atoms with Gasteiger partial charge in [0.05, 0.1) is 17.9 Å². The Balaban J connectivity index is 1.45. The Morgan fingerprint density at radius 1 is 1.18 bits per heavy atom. The van der Waals surface area contributed by atoms with E-state index >= 15 is 0 Å². The number of hydrogen-bond acceptors (Lipinski definition) is 5. The molecule has 1 N–H and O–H groups in total. The van der Waals surface area contributed by atoms with E-state index in [0.29, 0.717) is 6.04 Å². The van der Waals surface area contributed by atoms with Gasteiger partial charge < -0.3 is 5.32 Å². The van der Waals surface area contributed by atoms with Crippen molar-refractivity contribution in [2.24, 2.45) is 0 Å². The molecule has 7 heteroatoms. The van der Waals surface area contributed by atoms with E-state index in [9.17, 15) is 0 Å². The summed E-state index contributed by atoms with van der Waals surface area (Å²) < 4.78 is 3.82. The van der Waals surface area contributed by atoms with Gasteiger partial charge >= 0.3 is 0 Å². The highest BCUT2D eigenvalue weighted by atomic mass is 15.4. The van der Waals surface area contributed by atoms with Gasteiger partial charge in [-0.3, -0.25) is 0 Å². The number of nitrogens with zero attached hydrogens (tertiary/aromatic N) is 6. The van der Waals surface area contributed by atoms with E-state index in [1.165, 1.54) is 12.8 Å². The summed E-state index contributed by atoms with van der Waals surface area (Å²) in [5, 5.41) is 15.9. The van der Waals surface area contributed by atoms with Crippen LogP contribution in [0.4, 0.5) is 0 Å². The second-order valence-electron chi connectivity index (χ2n) is 5.44. The van der Waals surface area contributed by atoms with Crippen molar-refractivity contribution in [3.63, 3.8) is 0 Å². The molecule has 4 rings (SSSR count). The number of pyridine rings is 1. The molecule has 0 spiro atoms. The van der Waals surface area contributed by atoms with Crippen LogP contribution in [0.2, 0.25) is 0 Å². The number of aromatic nitrogens is 6. The first kappa shape index (κ1) is 13.1. The molecule has 7 nitrogen and oxygen atoms in total. The summed E-state index contributed by atoms with van der Waals surface area (Å²) in [6, 6.07) is 6.46. The summed E-state index contributed by atoms with van der Waals surface area (Å²) in [6.07, 6.45) is 9.70. The van der Waals surface area contributed by atoms with Crippen molar-refractivity contribution in [1.29, 1.82) is 0 Å². The minimum Gasteiger partial charge on any atom is -0.307 e. The van der Waals surface area contributed by atoms with Crippen LogP contribution in [0, 0.1) is 0 Å². The fraction of sp³-hybridized carbons (Fsp3) is 0.333. The van der Waals surface area contributed by atoms with E-state index in [2.05, 4.69) is 31.8 Å². The SMILES string of the molecule is c1cnc(-n2cccn2)c(CNCc2cnnn2C2CC2)c1. The smallest absolute Gasteiger partial charge is 0.157 e. The van der Waals surface area contributed by atoms with E-state index in [0.717, 1.165) is 30.2 Å². The Kier molecular flexibility index (Phi) is 3.40. The quantitative estimate of drug-likeness (QED) is 0.745. The molecule has 0 bridgehead atoms. The lowest BCUT2D eigenvalue weighted by Crippen LogP contribution is -2.17. The molecular weight excluding hydrogens is 278 g/mol. The summed E-state index contributed by atoms with van der Waals surface area (Å²) in [6.45, 7) is 1.47. The standard InChI is InChI=1S/C15H17N7/c1-3-12(15(17-6-1)21-8-2-7-19-21)9-16-10-14-11-18-20-22(14)13-4-5-13/h1-3,6-8,11,13,16H,4-5,9-10H2. The van der Waals surface area contributed by atoms with Crippen LogP contribution in [0.3, 0.4) is 0 Å². The van der Waals surface area contributed by atoms with Crippen molar-refractivity contribution in [3.05, 3.63) is 54.2 Å². The maximum Gasteiger partial charge on any atom is 0.157 e. The lowest BCUT2D eigenvalue weighted by atomic mass is 10.2. The highest BCUT2D eigenvalue weighted by Gasteiger charge is 2.26. The van der Waals surface area contributed by atoms with Crippen molar-refractivity contribution < 1.29 is 0 Å². The Morgan fingerprint density at radius 2 is 2.14 bits per heavy atom. The van der Waals surface area contributed by atoms with Crippen molar-refractivity contribution in [2.45, 2.75) is 32.0 Å². The zero-order valence-corrected chi connectivity index (χ0v) is 12.1. The number of hydrogen-bond donors (Lipinski definition) is 1. The van der Waals surface area contributed by atoms with Crippen LogP contribution in [0.25, 0.3) is 5.82 Å². The van der Waals surface area contributed by atoms with Crippen LogP contribution in [0.5, 0.6) is 0 Å². The van der Waals surface area contributed by atoms with Gasteiger partial charge in [0.2, 0.25) is 0 Å². The molecule has 0 atom stereocenters. The van der Waals surface area contributed by atoms with E-state index in [-0.39, 0.29) is 0 Å². The summed E-state index contributed by atoms with van der Waals surface area (Å²) in [5.74, 6) is 0.855. The van der Waals surface area contributed by atoms with Crippen LogP contribution >= 0.6 is 0 Å². The first-order chi connectivity index (χ1) is 10.9. The Bertz CT molecular complexity index is 743. The molecule has 1 fully saturated rings. The third kappa shape index (κ3) is 2.62. The van der Waals surface area contributed by atoms with Crippen molar-refractivity contribution >= 4 is 0 Å².